The number of quaternary nitrogens is 1. The largest absolute Gasteiger partial charge is 0.382 e. The average Bonchev–Trinajstić information content (AvgIpc) is 2.61. The Bertz CT molecular complexity index is 787. The molecule has 126 valence electrons. The number of likely N-dealkylation sites (N-methyl/N-ethyl adjacent to an activating group) is 1. The predicted molar refractivity (Wildman–Crippen MR) is 96.2 cm³/mol. The van der Waals surface area contributed by atoms with Crippen molar-refractivity contribution in [1.82, 2.24) is 0 Å². The zero-order valence-electron chi connectivity index (χ0n) is 14.7. The second-order valence-corrected chi connectivity index (χ2v) is 7.98. The van der Waals surface area contributed by atoms with Gasteiger partial charge in [-0.25, -0.2) is 4.57 Å². The van der Waals surface area contributed by atoms with Crippen LogP contribution in [0, 0.1) is 11.8 Å². The third kappa shape index (κ3) is 2.30. The fourth-order valence-electron chi connectivity index (χ4n) is 5.14. The molecule has 1 N–H and O–H groups in total. The number of aromatic nitrogens is 1. The second-order valence-electron chi connectivity index (χ2n) is 7.98. The molecule has 3 heteroatoms. The van der Waals surface area contributed by atoms with Crippen molar-refractivity contribution in [1.29, 1.82) is 0 Å². The Kier molecular flexibility index (Phi) is 3.74. The number of rotatable bonds is 3. The van der Waals surface area contributed by atoms with Crippen molar-refractivity contribution in [2.75, 3.05) is 20.1 Å². The lowest BCUT2D eigenvalue weighted by atomic mass is 9.72. The number of benzene rings is 1. The van der Waals surface area contributed by atoms with Crippen molar-refractivity contribution in [3.63, 3.8) is 0 Å². The van der Waals surface area contributed by atoms with E-state index in [9.17, 15) is 5.11 Å². The predicted octanol–water partition coefficient (Wildman–Crippen LogP) is 2.74. The van der Waals surface area contributed by atoms with E-state index in [1.165, 1.54) is 23.9 Å². The Hall–Kier alpha value is -1.71. The van der Waals surface area contributed by atoms with Crippen molar-refractivity contribution in [3.8, 4) is 0 Å². The van der Waals surface area contributed by atoms with Crippen LogP contribution in [0.15, 0.2) is 49.2 Å². The first kappa shape index (κ1) is 15.8. The average molecular weight is 324 g/mol. The number of pyridine rings is 1. The summed E-state index contributed by atoms with van der Waals surface area (Å²) >= 11 is 0. The molecule has 0 saturated carbocycles. The highest BCUT2D eigenvalue weighted by Crippen LogP contribution is 2.45. The Morgan fingerprint density at radius 1 is 1.33 bits per heavy atom. The lowest BCUT2D eigenvalue weighted by molar-refractivity contribution is -0.956. The summed E-state index contributed by atoms with van der Waals surface area (Å²) in [6.45, 7) is 6.33. The van der Waals surface area contributed by atoms with Crippen LogP contribution in [0.5, 0.6) is 0 Å². The van der Waals surface area contributed by atoms with E-state index in [0.717, 1.165) is 23.0 Å². The van der Waals surface area contributed by atoms with Crippen molar-refractivity contribution < 1.29 is 14.2 Å². The molecule has 24 heavy (non-hydrogen) atoms. The normalized spacial score (nSPS) is 33.5. The fraction of sp³-hybridized carbons (Fsp3) is 0.476. The summed E-state index contributed by atoms with van der Waals surface area (Å²) in [7, 11) is 4.39. The molecular formula is C21H28N2O+2. The van der Waals surface area contributed by atoms with Gasteiger partial charge in [0, 0.05) is 36.5 Å². The smallest absolute Gasteiger partial charge is 0.212 e. The second kappa shape index (κ2) is 5.68. The summed E-state index contributed by atoms with van der Waals surface area (Å²) in [5.41, 5.74) is 2.26. The van der Waals surface area contributed by atoms with E-state index in [0.29, 0.717) is 11.8 Å². The quantitative estimate of drug-likeness (QED) is 0.524. The first-order valence-corrected chi connectivity index (χ1v) is 9.05. The van der Waals surface area contributed by atoms with E-state index in [-0.39, 0.29) is 6.04 Å². The molecule has 3 nitrogen and oxygen atoms in total. The molecule has 5 atom stereocenters. The molecule has 3 saturated heterocycles. The number of fused-ring (bicyclic) bond motifs is 4. The summed E-state index contributed by atoms with van der Waals surface area (Å²) < 4.78 is 3.10. The summed E-state index contributed by atoms with van der Waals surface area (Å²) in [5, 5.41) is 12.5. The van der Waals surface area contributed by atoms with Gasteiger partial charge < -0.3 is 9.59 Å². The molecule has 2 aromatic rings. The van der Waals surface area contributed by atoms with Gasteiger partial charge in [-0.1, -0.05) is 18.2 Å². The van der Waals surface area contributed by atoms with E-state index >= 15 is 0 Å². The monoisotopic (exact) mass is 324 g/mol. The van der Waals surface area contributed by atoms with E-state index in [2.05, 4.69) is 67.8 Å². The summed E-state index contributed by atoms with van der Waals surface area (Å²) in [6, 6.07) is 10.8. The van der Waals surface area contributed by atoms with Gasteiger partial charge in [0.05, 0.1) is 25.5 Å². The van der Waals surface area contributed by atoms with Crippen LogP contribution in [0.4, 0.5) is 0 Å². The SMILES string of the molecule is C=C[C@H]1C[N@+]2(C)CC[C@H]1C[C@@H]2[C@@H](O)c1cc[n+](C)c2ccccc12. The number of piperidine rings is 3. The molecule has 4 heterocycles. The summed E-state index contributed by atoms with van der Waals surface area (Å²) in [4.78, 5) is 0. The zero-order chi connectivity index (χ0) is 16.9. The number of aryl methyl sites for hydroxylation is 1. The van der Waals surface area contributed by atoms with Crippen LogP contribution in [0.25, 0.3) is 10.9 Å². The number of hydrogen-bond donors (Lipinski definition) is 1. The van der Waals surface area contributed by atoms with Crippen molar-refractivity contribution in [2.24, 2.45) is 18.9 Å². The molecule has 3 fully saturated rings. The molecule has 1 aromatic carbocycles. The molecule has 0 unspecified atom stereocenters. The first-order chi connectivity index (χ1) is 11.5. The minimum absolute atomic E-state index is 0.288. The first-order valence-electron chi connectivity index (χ1n) is 9.05. The molecular weight excluding hydrogens is 296 g/mol. The van der Waals surface area contributed by atoms with E-state index in [1.54, 1.807) is 0 Å². The third-order valence-corrected chi connectivity index (χ3v) is 6.65. The van der Waals surface area contributed by atoms with Crippen LogP contribution >= 0.6 is 0 Å². The zero-order valence-corrected chi connectivity index (χ0v) is 14.7. The van der Waals surface area contributed by atoms with Crippen molar-refractivity contribution >= 4 is 10.9 Å². The molecule has 3 aliphatic heterocycles. The lowest BCUT2D eigenvalue weighted by Crippen LogP contribution is -2.66. The molecule has 5 rings (SSSR count). The topological polar surface area (TPSA) is 24.1 Å². The van der Waals surface area contributed by atoms with E-state index in [4.69, 9.17) is 0 Å². The molecule has 0 spiro atoms. The molecule has 0 aliphatic carbocycles. The van der Waals surface area contributed by atoms with Gasteiger partial charge in [0.2, 0.25) is 5.52 Å². The highest BCUT2D eigenvalue weighted by molar-refractivity contribution is 5.79. The van der Waals surface area contributed by atoms with Crippen LogP contribution in [0.2, 0.25) is 0 Å². The van der Waals surface area contributed by atoms with Gasteiger partial charge in [-0.3, -0.25) is 0 Å². The minimum atomic E-state index is -0.408. The van der Waals surface area contributed by atoms with Crippen LogP contribution in [-0.4, -0.2) is 35.8 Å². The molecule has 2 bridgehead atoms. The van der Waals surface area contributed by atoms with Gasteiger partial charge in [-0.05, 0) is 12.0 Å². The van der Waals surface area contributed by atoms with Crippen molar-refractivity contribution in [3.05, 3.63) is 54.7 Å². The standard InChI is InChI=1S/C21H28N2O/c1-4-15-14-23(3)12-10-16(15)13-20(23)21(24)18-9-11-22(2)19-8-6-5-7-17(18)19/h4-9,11,15-16,20-21,24H,1,10,12-14H2,2-3H3/q+2/t15-,16-,20+,21-,23-/m0/s1. The highest BCUT2D eigenvalue weighted by Gasteiger charge is 2.51. The van der Waals surface area contributed by atoms with Gasteiger partial charge in [0.25, 0.3) is 0 Å². The Labute approximate surface area is 144 Å². The number of hydrogen-bond acceptors (Lipinski definition) is 1. The van der Waals surface area contributed by atoms with Gasteiger partial charge >= 0.3 is 0 Å². The fourth-order valence-corrected chi connectivity index (χ4v) is 5.14. The van der Waals surface area contributed by atoms with Crippen LogP contribution in [-0.2, 0) is 7.05 Å². The number of aliphatic hydroxyl groups excluding tert-OH is 1. The Morgan fingerprint density at radius 2 is 2.12 bits per heavy atom. The Balaban J connectivity index is 1.74. The maximum Gasteiger partial charge on any atom is 0.212 e. The maximum absolute atomic E-state index is 11.3. The molecule has 1 aromatic heterocycles. The highest BCUT2D eigenvalue weighted by atomic mass is 16.3. The third-order valence-electron chi connectivity index (χ3n) is 6.65. The van der Waals surface area contributed by atoms with Gasteiger partial charge in [-0.2, -0.15) is 0 Å². The lowest BCUT2D eigenvalue weighted by Gasteiger charge is -2.56. The number of aliphatic hydroxyl groups is 1. The molecule has 0 amide bonds. The van der Waals surface area contributed by atoms with Gasteiger partial charge in [-0.15, -0.1) is 6.58 Å². The van der Waals surface area contributed by atoms with Crippen LogP contribution in [0.1, 0.15) is 24.5 Å². The molecule has 3 aliphatic rings. The minimum Gasteiger partial charge on any atom is -0.382 e. The maximum atomic E-state index is 11.3. The van der Waals surface area contributed by atoms with Gasteiger partial charge in [0.15, 0.2) is 6.20 Å². The Morgan fingerprint density at radius 3 is 2.88 bits per heavy atom. The summed E-state index contributed by atoms with van der Waals surface area (Å²) in [6.07, 6.45) is 6.17. The number of nitrogens with zero attached hydrogens (tertiary/aromatic N) is 2. The van der Waals surface area contributed by atoms with Crippen LogP contribution in [0.3, 0.4) is 0 Å². The van der Waals surface area contributed by atoms with E-state index in [1.807, 2.05) is 0 Å². The number of para-hydroxylation sites is 1. The van der Waals surface area contributed by atoms with Crippen molar-refractivity contribution in [2.45, 2.75) is 25.0 Å². The van der Waals surface area contributed by atoms with E-state index < -0.39 is 6.10 Å². The summed E-state index contributed by atoms with van der Waals surface area (Å²) in [5.74, 6) is 1.30. The molecule has 0 radical (unpaired) electrons. The van der Waals surface area contributed by atoms with Gasteiger partial charge in [0.1, 0.15) is 19.2 Å². The van der Waals surface area contributed by atoms with Crippen LogP contribution < -0.4 is 4.57 Å².